The van der Waals surface area contributed by atoms with Gasteiger partial charge in [-0.3, -0.25) is 4.79 Å². The van der Waals surface area contributed by atoms with E-state index in [1.54, 1.807) is 35.2 Å². The molecule has 26 heavy (non-hydrogen) atoms. The number of hydrogen-bond donors (Lipinski definition) is 0. The van der Waals surface area contributed by atoms with Crippen LogP contribution < -0.4 is 0 Å². The monoisotopic (exact) mass is 348 g/mol. The van der Waals surface area contributed by atoms with Gasteiger partial charge in [0, 0.05) is 18.7 Å². The molecule has 0 aliphatic carbocycles. The highest BCUT2D eigenvalue weighted by molar-refractivity contribution is 5.93. The van der Waals surface area contributed by atoms with E-state index < -0.39 is 12.1 Å². The van der Waals surface area contributed by atoms with Crippen LogP contribution in [-0.2, 0) is 9.53 Å². The molecule has 1 unspecified atom stereocenters. The van der Waals surface area contributed by atoms with Crippen LogP contribution in [0.1, 0.15) is 46.9 Å². The first kappa shape index (κ1) is 17.7. The molecule has 132 valence electrons. The number of likely N-dealkylation sites (tertiary alicyclic amines) is 1. The molecule has 1 aliphatic heterocycles. The number of hydrogen-bond acceptors (Lipinski definition) is 4. The summed E-state index contributed by atoms with van der Waals surface area (Å²) in [5.41, 5.74) is 1.28. The van der Waals surface area contributed by atoms with Gasteiger partial charge in [0.15, 0.2) is 0 Å². The lowest BCUT2D eigenvalue weighted by Crippen LogP contribution is -2.40. The summed E-state index contributed by atoms with van der Waals surface area (Å²) in [5, 5.41) is 9.00. The zero-order valence-corrected chi connectivity index (χ0v) is 14.4. The van der Waals surface area contributed by atoms with Crippen molar-refractivity contribution in [2.24, 2.45) is 0 Å². The van der Waals surface area contributed by atoms with Gasteiger partial charge in [0.2, 0.25) is 6.10 Å². The Kier molecular flexibility index (Phi) is 5.65. The van der Waals surface area contributed by atoms with Gasteiger partial charge in [0.1, 0.15) is 0 Å². The Bertz CT molecular complexity index is 821. The number of nitriles is 1. The zero-order valence-electron chi connectivity index (χ0n) is 14.4. The molecule has 1 saturated heterocycles. The van der Waals surface area contributed by atoms with E-state index in [2.05, 4.69) is 0 Å². The van der Waals surface area contributed by atoms with Crippen molar-refractivity contribution in [3.05, 3.63) is 71.3 Å². The number of benzene rings is 2. The number of carbonyl (C=O) groups is 2. The summed E-state index contributed by atoms with van der Waals surface area (Å²) in [6.45, 7) is 1.37. The van der Waals surface area contributed by atoms with E-state index in [1.165, 1.54) is 6.07 Å². The van der Waals surface area contributed by atoms with Crippen molar-refractivity contribution in [1.29, 1.82) is 5.26 Å². The highest BCUT2D eigenvalue weighted by atomic mass is 16.5. The number of rotatable bonds is 4. The molecule has 5 nitrogen and oxygen atoms in total. The average molecular weight is 348 g/mol. The van der Waals surface area contributed by atoms with Gasteiger partial charge in [-0.2, -0.15) is 5.26 Å². The predicted octanol–water partition coefficient (Wildman–Crippen LogP) is 3.47. The third-order valence-electron chi connectivity index (χ3n) is 4.45. The van der Waals surface area contributed by atoms with Crippen LogP contribution in [0.15, 0.2) is 54.6 Å². The van der Waals surface area contributed by atoms with Crippen molar-refractivity contribution in [3.63, 3.8) is 0 Å². The molecule has 2 aromatic carbocycles. The summed E-state index contributed by atoms with van der Waals surface area (Å²) in [5.74, 6) is -0.804. The minimum atomic E-state index is -0.979. The highest BCUT2D eigenvalue weighted by Crippen LogP contribution is 2.24. The molecule has 1 fully saturated rings. The first-order valence-corrected chi connectivity index (χ1v) is 8.74. The topological polar surface area (TPSA) is 70.4 Å². The van der Waals surface area contributed by atoms with E-state index in [9.17, 15) is 9.59 Å². The Morgan fingerprint density at radius 2 is 1.73 bits per heavy atom. The molecule has 0 radical (unpaired) electrons. The Labute approximate surface area is 152 Å². The first-order valence-electron chi connectivity index (χ1n) is 8.74. The second-order valence-corrected chi connectivity index (χ2v) is 6.27. The normalized spacial score (nSPS) is 15.0. The minimum Gasteiger partial charge on any atom is -0.444 e. The van der Waals surface area contributed by atoms with Crippen molar-refractivity contribution in [2.45, 2.75) is 25.4 Å². The smallest absolute Gasteiger partial charge is 0.339 e. The molecule has 0 aromatic heterocycles. The minimum absolute atomic E-state index is 0.194. The van der Waals surface area contributed by atoms with Crippen LogP contribution >= 0.6 is 0 Å². The van der Waals surface area contributed by atoms with Crippen LogP contribution in [0.5, 0.6) is 0 Å². The zero-order chi connectivity index (χ0) is 18.4. The van der Waals surface area contributed by atoms with Gasteiger partial charge in [-0.15, -0.1) is 0 Å². The number of carbonyl (C=O) groups excluding carboxylic acids is 2. The Morgan fingerprint density at radius 1 is 1.00 bits per heavy atom. The maximum absolute atomic E-state index is 13.0. The predicted molar refractivity (Wildman–Crippen MR) is 96.2 cm³/mol. The molecule has 2 aromatic rings. The second-order valence-electron chi connectivity index (χ2n) is 6.27. The fourth-order valence-electron chi connectivity index (χ4n) is 3.06. The van der Waals surface area contributed by atoms with Gasteiger partial charge in [0.25, 0.3) is 5.91 Å². The third kappa shape index (κ3) is 4.09. The van der Waals surface area contributed by atoms with Crippen LogP contribution in [0.25, 0.3) is 0 Å². The molecule has 0 saturated carbocycles. The van der Waals surface area contributed by atoms with Gasteiger partial charge < -0.3 is 9.64 Å². The summed E-state index contributed by atoms with van der Waals surface area (Å²) in [4.78, 5) is 27.3. The molecule has 1 heterocycles. The van der Waals surface area contributed by atoms with E-state index in [1.807, 2.05) is 24.3 Å². The van der Waals surface area contributed by atoms with Gasteiger partial charge in [-0.1, -0.05) is 36.4 Å². The first-order chi connectivity index (χ1) is 12.7. The lowest BCUT2D eigenvalue weighted by molar-refractivity contribution is -0.142. The molecular formula is C21H20N2O3. The van der Waals surface area contributed by atoms with Crippen molar-refractivity contribution >= 4 is 11.9 Å². The van der Waals surface area contributed by atoms with Crippen molar-refractivity contribution in [2.75, 3.05) is 13.1 Å². The lowest BCUT2D eigenvalue weighted by atomic mass is 10.1. The maximum atomic E-state index is 13.0. The number of piperidine rings is 1. The van der Waals surface area contributed by atoms with Crippen LogP contribution in [0.3, 0.4) is 0 Å². The fourth-order valence-corrected chi connectivity index (χ4v) is 3.06. The lowest BCUT2D eigenvalue weighted by Gasteiger charge is -2.30. The summed E-state index contributed by atoms with van der Waals surface area (Å²) in [6.07, 6.45) is 2.06. The largest absolute Gasteiger partial charge is 0.444 e. The Morgan fingerprint density at radius 3 is 2.42 bits per heavy atom. The highest BCUT2D eigenvalue weighted by Gasteiger charge is 2.30. The fraction of sp³-hybridized carbons (Fsp3) is 0.286. The molecule has 5 heteroatoms. The van der Waals surface area contributed by atoms with Gasteiger partial charge in [-0.25, -0.2) is 4.79 Å². The van der Waals surface area contributed by atoms with Crippen LogP contribution in [0.2, 0.25) is 0 Å². The maximum Gasteiger partial charge on any atom is 0.339 e. The van der Waals surface area contributed by atoms with Crippen LogP contribution in [-0.4, -0.2) is 29.9 Å². The molecule has 1 amide bonds. The molecule has 0 N–H and O–H groups in total. The van der Waals surface area contributed by atoms with Crippen LogP contribution in [0.4, 0.5) is 0 Å². The van der Waals surface area contributed by atoms with E-state index in [4.69, 9.17) is 10.00 Å². The van der Waals surface area contributed by atoms with Crippen LogP contribution in [0, 0.1) is 11.3 Å². The van der Waals surface area contributed by atoms with E-state index in [-0.39, 0.29) is 11.5 Å². The summed E-state index contributed by atoms with van der Waals surface area (Å²) in [6, 6.07) is 17.3. The molecular weight excluding hydrogens is 328 g/mol. The summed E-state index contributed by atoms with van der Waals surface area (Å²) in [7, 11) is 0. The SMILES string of the molecule is N#Cc1cccc(C(=O)OC(C(=O)N2CCCCC2)c2ccccc2)c1. The van der Waals surface area contributed by atoms with Crippen molar-refractivity contribution in [3.8, 4) is 6.07 Å². The molecule has 1 aliphatic rings. The molecule has 3 rings (SSSR count). The van der Waals surface area contributed by atoms with Crippen molar-refractivity contribution in [1.82, 2.24) is 4.90 Å². The summed E-state index contributed by atoms with van der Waals surface area (Å²) < 4.78 is 5.60. The van der Waals surface area contributed by atoms with Gasteiger partial charge >= 0.3 is 5.97 Å². The molecule has 1 atom stereocenters. The number of nitrogens with zero attached hydrogens (tertiary/aromatic N) is 2. The van der Waals surface area contributed by atoms with Gasteiger partial charge in [0.05, 0.1) is 17.2 Å². The quantitative estimate of drug-likeness (QED) is 0.793. The van der Waals surface area contributed by atoms with E-state index in [0.717, 1.165) is 19.3 Å². The molecule has 0 spiro atoms. The number of ether oxygens (including phenoxy) is 1. The standard InChI is InChI=1S/C21H20N2O3/c22-15-16-8-7-11-18(14-16)21(25)26-19(17-9-3-1-4-10-17)20(24)23-12-5-2-6-13-23/h1,3-4,7-11,14,19H,2,5-6,12-13H2. The van der Waals surface area contributed by atoms with E-state index >= 15 is 0 Å². The Balaban J connectivity index is 1.84. The second kappa shape index (κ2) is 8.30. The molecule has 0 bridgehead atoms. The number of esters is 1. The van der Waals surface area contributed by atoms with E-state index in [0.29, 0.717) is 24.2 Å². The average Bonchev–Trinajstić information content (AvgIpc) is 2.72. The third-order valence-corrected chi connectivity index (χ3v) is 4.45. The number of amides is 1. The van der Waals surface area contributed by atoms with Crippen molar-refractivity contribution < 1.29 is 14.3 Å². The van der Waals surface area contributed by atoms with Gasteiger partial charge in [-0.05, 0) is 37.5 Å². The summed E-state index contributed by atoms with van der Waals surface area (Å²) >= 11 is 0. The Hall–Kier alpha value is -3.13.